The lowest BCUT2D eigenvalue weighted by atomic mass is 10.1. The van der Waals surface area contributed by atoms with Crippen LogP contribution in [0.4, 0.5) is 0 Å². The van der Waals surface area contributed by atoms with Crippen LogP contribution in [-0.2, 0) is 9.59 Å². The Kier molecular flexibility index (Phi) is 25.8. The predicted molar refractivity (Wildman–Crippen MR) is 104 cm³/mol. The Hall–Kier alpha value is -0.860. The van der Waals surface area contributed by atoms with Gasteiger partial charge in [0.05, 0.1) is 0 Å². The molecule has 0 aliphatic rings. The van der Waals surface area contributed by atoms with Gasteiger partial charge in [-0.05, 0) is 12.8 Å². The lowest BCUT2D eigenvalue weighted by molar-refractivity contribution is -0.137. The third kappa shape index (κ3) is 29.2. The number of carboxylic acids is 1. The Morgan fingerprint density at radius 2 is 1.04 bits per heavy atom. The molecule has 0 saturated carbocycles. The molecule has 0 aromatic carbocycles. The highest BCUT2D eigenvalue weighted by molar-refractivity contribution is 5.66. The first kappa shape index (κ1) is 25.4. The predicted octanol–water partition coefficient (Wildman–Crippen LogP) is 6.93. The summed E-state index contributed by atoms with van der Waals surface area (Å²) < 4.78 is 0. The van der Waals surface area contributed by atoms with Crippen LogP contribution in [0.2, 0.25) is 0 Å². The fourth-order valence-electron chi connectivity index (χ4n) is 2.59. The third-order valence-electron chi connectivity index (χ3n) is 4.17. The Morgan fingerprint density at radius 3 is 1.42 bits per heavy atom. The molecule has 3 nitrogen and oxygen atoms in total. The fraction of sp³-hybridized carbons (Fsp3) is 0.905. The standard InChI is InChI=1S/C13H26O.C8H16O2/c1-2-3-4-5-6-7-8-9-10-11-12-13-14;1-2-3-4-5-6-7-8(9)10/h13H,2-12H2,1H3;2-7H2,1H3,(H,9,10). The Morgan fingerprint density at radius 1 is 0.667 bits per heavy atom. The monoisotopic (exact) mass is 342 g/mol. The SMILES string of the molecule is CCCCCCCC(=O)O.CCCCCCCCCCCCC=O. The van der Waals surface area contributed by atoms with E-state index in [0.717, 1.165) is 32.0 Å². The van der Waals surface area contributed by atoms with Gasteiger partial charge in [-0.1, -0.05) is 97.3 Å². The van der Waals surface area contributed by atoms with Gasteiger partial charge in [-0.15, -0.1) is 0 Å². The van der Waals surface area contributed by atoms with E-state index in [4.69, 9.17) is 5.11 Å². The van der Waals surface area contributed by atoms with Gasteiger partial charge in [0.15, 0.2) is 0 Å². The largest absolute Gasteiger partial charge is 0.481 e. The highest BCUT2D eigenvalue weighted by atomic mass is 16.4. The van der Waals surface area contributed by atoms with Crippen LogP contribution in [0.5, 0.6) is 0 Å². The van der Waals surface area contributed by atoms with E-state index in [1.165, 1.54) is 77.0 Å². The van der Waals surface area contributed by atoms with Crippen molar-refractivity contribution in [1.82, 2.24) is 0 Å². The van der Waals surface area contributed by atoms with Crippen LogP contribution in [0.15, 0.2) is 0 Å². The lowest BCUT2D eigenvalue weighted by Crippen LogP contribution is -1.93. The molecule has 1 N–H and O–H groups in total. The van der Waals surface area contributed by atoms with Gasteiger partial charge in [0.2, 0.25) is 0 Å². The molecule has 0 aromatic heterocycles. The topological polar surface area (TPSA) is 54.4 Å². The number of carbonyl (C=O) groups excluding carboxylic acids is 1. The van der Waals surface area contributed by atoms with Crippen LogP contribution in [0.25, 0.3) is 0 Å². The van der Waals surface area contributed by atoms with Gasteiger partial charge in [-0.3, -0.25) is 4.79 Å². The fourth-order valence-corrected chi connectivity index (χ4v) is 2.59. The molecule has 0 fully saturated rings. The van der Waals surface area contributed by atoms with Crippen molar-refractivity contribution in [2.24, 2.45) is 0 Å². The summed E-state index contributed by atoms with van der Waals surface area (Å²) in [7, 11) is 0. The van der Waals surface area contributed by atoms with E-state index in [2.05, 4.69) is 13.8 Å². The normalized spacial score (nSPS) is 10.1. The van der Waals surface area contributed by atoms with Crippen LogP contribution < -0.4 is 0 Å². The average Bonchev–Trinajstić information content (AvgIpc) is 2.57. The number of carboxylic acid groups (broad SMARTS) is 1. The van der Waals surface area contributed by atoms with E-state index in [1.54, 1.807) is 0 Å². The van der Waals surface area contributed by atoms with Crippen molar-refractivity contribution in [2.75, 3.05) is 0 Å². The summed E-state index contributed by atoms with van der Waals surface area (Å²) in [6.07, 6.45) is 21.1. The minimum absolute atomic E-state index is 0.337. The molecule has 0 amide bonds. The highest BCUT2D eigenvalue weighted by Gasteiger charge is 1.95. The first-order valence-electron chi connectivity index (χ1n) is 10.3. The number of aldehydes is 1. The zero-order valence-corrected chi connectivity index (χ0v) is 16.4. The first-order chi connectivity index (χ1) is 11.7. The highest BCUT2D eigenvalue weighted by Crippen LogP contribution is 2.10. The second-order valence-corrected chi connectivity index (χ2v) is 6.70. The molecule has 0 radical (unpaired) electrons. The zero-order chi connectivity index (χ0) is 18.3. The number of carbonyl (C=O) groups is 2. The van der Waals surface area contributed by atoms with Crippen molar-refractivity contribution in [3.63, 3.8) is 0 Å². The maximum Gasteiger partial charge on any atom is 0.303 e. The molecular weight excluding hydrogens is 300 g/mol. The van der Waals surface area contributed by atoms with Crippen LogP contribution >= 0.6 is 0 Å². The summed E-state index contributed by atoms with van der Waals surface area (Å²) in [6, 6.07) is 0. The van der Waals surface area contributed by atoms with Gasteiger partial charge in [0.25, 0.3) is 0 Å². The number of rotatable bonds is 17. The Labute approximate surface area is 150 Å². The maximum absolute atomic E-state index is 10.0. The van der Waals surface area contributed by atoms with Gasteiger partial charge in [-0.25, -0.2) is 0 Å². The smallest absolute Gasteiger partial charge is 0.303 e. The summed E-state index contributed by atoms with van der Waals surface area (Å²) in [5, 5.41) is 8.27. The van der Waals surface area contributed by atoms with Crippen molar-refractivity contribution in [2.45, 2.75) is 123 Å². The second-order valence-electron chi connectivity index (χ2n) is 6.70. The lowest BCUT2D eigenvalue weighted by Gasteiger charge is -2.00. The minimum atomic E-state index is -0.670. The molecule has 0 saturated heterocycles. The Bertz CT molecular complexity index is 251. The van der Waals surface area contributed by atoms with Crippen molar-refractivity contribution in [3.05, 3.63) is 0 Å². The van der Waals surface area contributed by atoms with Crippen molar-refractivity contribution in [3.8, 4) is 0 Å². The number of aliphatic carboxylic acids is 1. The molecule has 0 unspecified atom stereocenters. The van der Waals surface area contributed by atoms with Crippen molar-refractivity contribution >= 4 is 12.3 Å². The maximum atomic E-state index is 10.0. The van der Waals surface area contributed by atoms with Gasteiger partial charge in [0.1, 0.15) is 6.29 Å². The number of hydrogen-bond acceptors (Lipinski definition) is 2. The number of unbranched alkanes of at least 4 members (excludes halogenated alkanes) is 14. The van der Waals surface area contributed by atoms with Gasteiger partial charge in [-0.2, -0.15) is 0 Å². The first-order valence-corrected chi connectivity index (χ1v) is 10.3. The molecule has 0 rings (SSSR count). The summed E-state index contributed by atoms with van der Waals surface area (Å²) in [6.45, 7) is 4.41. The molecule has 3 heteroatoms. The molecule has 0 spiro atoms. The van der Waals surface area contributed by atoms with Crippen molar-refractivity contribution in [1.29, 1.82) is 0 Å². The average molecular weight is 343 g/mol. The van der Waals surface area contributed by atoms with E-state index in [-0.39, 0.29) is 0 Å². The van der Waals surface area contributed by atoms with E-state index >= 15 is 0 Å². The molecule has 0 aliphatic heterocycles. The summed E-state index contributed by atoms with van der Waals surface area (Å²) in [4.78, 5) is 20.1. The molecule has 0 bridgehead atoms. The quantitative estimate of drug-likeness (QED) is 0.230. The van der Waals surface area contributed by atoms with E-state index in [0.29, 0.717) is 6.42 Å². The van der Waals surface area contributed by atoms with Gasteiger partial charge in [0, 0.05) is 12.8 Å². The molecule has 0 atom stereocenters. The van der Waals surface area contributed by atoms with Crippen LogP contribution in [-0.4, -0.2) is 17.4 Å². The van der Waals surface area contributed by atoms with E-state index in [9.17, 15) is 9.59 Å². The summed E-state index contributed by atoms with van der Waals surface area (Å²) in [5.41, 5.74) is 0. The Balaban J connectivity index is 0. The minimum Gasteiger partial charge on any atom is -0.481 e. The van der Waals surface area contributed by atoms with Crippen LogP contribution in [0, 0.1) is 0 Å². The van der Waals surface area contributed by atoms with E-state index < -0.39 is 5.97 Å². The molecular formula is C21H42O3. The van der Waals surface area contributed by atoms with Crippen LogP contribution in [0.1, 0.15) is 123 Å². The summed E-state index contributed by atoms with van der Waals surface area (Å²) >= 11 is 0. The number of hydrogen-bond donors (Lipinski definition) is 1. The summed E-state index contributed by atoms with van der Waals surface area (Å²) in [5.74, 6) is -0.670. The van der Waals surface area contributed by atoms with Crippen molar-refractivity contribution < 1.29 is 14.7 Å². The molecule has 0 heterocycles. The van der Waals surface area contributed by atoms with E-state index in [1.807, 2.05) is 0 Å². The third-order valence-corrected chi connectivity index (χ3v) is 4.17. The molecule has 144 valence electrons. The van der Waals surface area contributed by atoms with Gasteiger partial charge < -0.3 is 9.90 Å². The zero-order valence-electron chi connectivity index (χ0n) is 16.4. The van der Waals surface area contributed by atoms with Gasteiger partial charge >= 0.3 is 5.97 Å². The van der Waals surface area contributed by atoms with Crippen LogP contribution in [0.3, 0.4) is 0 Å². The molecule has 0 aromatic rings. The molecule has 0 aliphatic carbocycles. The molecule has 24 heavy (non-hydrogen) atoms. The second kappa shape index (κ2) is 24.4.